The van der Waals surface area contributed by atoms with Crippen molar-refractivity contribution in [2.45, 2.75) is 19.4 Å². The molecule has 1 unspecified atom stereocenters. The molecule has 0 aliphatic carbocycles. The predicted molar refractivity (Wildman–Crippen MR) is 118 cm³/mol. The van der Waals surface area contributed by atoms with Gasteiger partial charge in [0, 0.05) is 10.7 Å². The van der Waals surface area contributed by atoms with Crippen molar-refractivity contribution in [3.8, 4) is 11.5 Å². The van der Waals surface area contributed by atoms with Crippen LogP contribution in [0.15, 0.2) is 72.8 Å². The van der Waals surface area contributed by atoms with Crippen LogP contribution < -0.4 is 21.1 Å². The zero-order valence-electron chi connectivity index (χ0n) is 16.4. The molecule has 3 amide bonds. The summed E-state index contributed by atoms with van der Waals surface area (Å²) in [6.07, 6.45) is -0.0102. The van der Waals surface area contributed by atoms with Crippen molar-refractivity contribution in [1.29, 1.82) is 0 Å². The van der Waals surface area contributed by atoms with Crippen LogP contribution in [0.25, 0.3) is 0 Å². The Labute approximate surface area is 180 Å². The third-order valence-electron chi connectivity index (χ3n) is 4.49. The molecular weight excluding hydrogens is 402 g/mol. The molecule has 154 valence electrons. The average Bonchev–Trinajstić information content (AvgIpc) is 2.71. The van der Waals surface area contributed by atoms with Crippen LogP contribution in [0.5, 0.6) is 11.5 Å². The second-order valence-corrected chi connectivity index (χ2v) is 7.12. The normalized spacial score (nSPS) is 11.4. The van der Waals surface area contributed by atoms with Crippen molar-refractivity contribution in [1.82, 2.24) is 5.32 Å². The zero-order chi connectivity index (χ0) is 21.5. The fourth-order valence-electron chi connectivity index (χ4n) is 2.97. The van der Waals surface area contributed by atoms with E-state index in [2.05, 4.69) is 10.6 Å². The van der Waals surface area contributed by atoms with Gasteiger partial charge in [0.15, 0.2) is 0 Å². The van der Waals surface area contributed by atoms with Gasteiger partial charge in [-0.25, -0.2) is 4.79 Å². The first-order valence-corrected chi connectivity index (χ1v) is 9.74. The molecule has 1 atom stereocenters. The van der Waals surface area contributed by atoms with E-state index in [0.717, 1.165) is 5.56 Å². The maximum absolute atomic E-state index is 12.6. The lowest BCUT2D eigenvalue weighted by Gasteiger charge is -2.19. The van der Waals surface area contributed by atoms with Crippen LogP contribution in [-0.4, -0.2) is 11.9 Å². The Morgan fingerprint density at radius 3 is 2.43 bits per heavy atom. The number of para-hydroxylation sites is 1. The molecule has 0 bridgehead atoms. The molecule has 0 aliphatic rings. The van der Waals surface area contributed by atoms with Gasteiger partial charge in [0.2, 0.25) is 5.91 Å². The summed E-state index contributed by atoms with van der Waals surface area (Å²) in [5.41, 5.74) is 7.41. The number of halogens is 1. The molecule has 30 heavy (non-hydrogen) atoms. The van der Waals surface area contributed by atoms with Crippen LogP contribution in [0.4, 0.5) is 10.5 Å². The van der Waals surface area contributed by atoms with Crippen LogP contribution in [0.1, 0.15) is 23.6 Å². The van der Waals surface area contributed by atoms with Crippen molar-refractivity contribution in [2.24, 2.45) is 5.73 Å². The number of rotatable bonds is 7. The lowest BCUT2D eigenvalue weighted by Crippen LogP contribution is -2.35. The number of primary amides is 1. The molecule has 6 nitrogen and oxygen atoms in total. The summed E-state index contributed by atoms with van der Waals surface area (Å²) in [5, 5.41) is 6.02. The number of amides is 3. The Hall–Kier alpha value is -3.51. The Bertz CT molecular complexity index is 1040. The van der Waals surface area contributed by atoms with Crippen molar-refractivity contribution in [3.63, 3.8) is 0 Å². The fraction of sp³-hybridized carbons (Fsp3) is 0.130. The molecule has 0 spiro atoms. The van der Waals surface area contributed by atoms with E-state index >= 15 is 0 Å². The Balaban J connectivity index is 1.77. The van der Waals surface area contributed by atoms with E-state index in [9.17, 15) is 9.59 Å². The molecule has 4 N–H and O–H groups in total. The number of carbonyl (C=O) groups excluding carboxylic acids is 2. The van der Waals surface area contributed by atoms with Crippen LogP contribution in [0, 0.1) is 6.92 Å². The summed E-state index contributed by atoms with van der Waals surface area (Å²) in [6.45, 7) is 1.82. The van der Waals surface area contributed by atoms with E-state index in [1.165, 1.54) is 0 Å². The number of nitrogens with two attached hydrogens (primary N) is 1. The van der Waals surface area contributed by atoms with E-state index in [0.29, 0.717) is 27.8 Å². The highest BCUT2D eigenvalue weighted by Gasteiger charge is 2.19. The number of hydrogen-bond donors (Lipinski definition) is 3. The van der Waals surface area contributed by atoms with Gasteiger partial charge in [0.1, 0.15) is 11.5 Å². The highest BCUT2D eigenvalue weighted by atomic mass is 35.5. The number of urea groups is 1. The second-order valence-electron chi connectivity index (χ2n) is 6.71. The summed E-state index contributed by atoms with van der Waals surface area (Å²) in [4.78, 5) is 24.2. The monoisotopic (exact) mass is 423 g/mol. The lowest BCUT2D eigenvalue weighted by molar-refractivity contribution is -0.116. The third kappa shape index (κ3) is 5.75. The molecule has 0 aliphatic heterocycles. The molecule has 0 saturated carbocycles. The van der Waals surface area contributed by atoms with Gasteiger partial charge in [-0.1, -0.05) is 48.0 Å². The Kier molecular flexibility index (Phi) is 6.93. The topological polar surface area (TPSA) is 93.5 Å². The number of nitrogens with one attached hydrogen (secondary N) is 2. The van der Waals surface area contributed by atoms with Crippen LogP contribution in [-0.2, 0) is 4.79 Å². The van der Waals surface area contributed by atoms with Gasteiger partial charge >= 0.3 is 6.03 Å². The quantitative estimate of drug-likeness (QED) is 0.488. The summed E-state index contributed by atoms with van der Waals surface area (Å²) < 4.78 is 5.84. The largest absolute Gasteiger partial charge is 0.457 e. The van der Waals surface area contributed by atoms with Gasteiger partial charge in [0.25, 0.3) is 0 Å². The summed E-state index contributed by atoms with van der Waals surface area (Å²) >= 11 is 6.11. The number of carbonyl (C=O) groups is 2. The highest BCUT2D eigenvalue weighted by molar-refractivity contribution is 6.31. The van der Waals surface area contributed by atoms with Crippen molar-refractivity contribution >= 4 is 29.2 Å². The minimum absolute atomic E-state index is 0.0102. The van der Waals surface area contributed by atoms with Crippen LogP contribution in [0.2, 0.25) is 5.02 Å². The minimum Gasteiger partial charge on any atom is -0.457 e. The summed E-state index contributed by atoms with van der Waals surface area (Å²) in [6, 6.07) is 20.4. The van der Waals surface area contributed by atoms with E-state index < -0.39 is 12.1 Å². The highest BCUT2D eigenvalue weighted by Crippen LogP contribution is 2.27. The van der Waals surface area contributed by atoms with Gasteiger partial charge in [-0.2, -0.15) is 0 Å². The summed E-state index contributed by atoms with van der Waals surface area (Å²) in [7, 11) is 0. The molecule has 0 saturated heterocycles. The van der Waals surface area contributed by atoms with Crippen molar-refractivity contribution < 1.29 is 14.3 Å². The fourth-order valence-corrected chi connectivity index (χ4v) is 3.15. The van der Waals surface area contributed by atoms with Crippen molar-refractivity contribution in [2.75, 3.05) is 5.32 Å². The van der Waals surface area contributed by atoms with E-state index in [4.69, 9.17) is 22.1 Å². The van der Waals surface area contributed by atoms with E-state index in [1.807, 2.05) is 37.3 Å². The van der Waals surface area contributed by atoms with E-state index in [-0.39, 0.29) is 12.3 Å². The molecule has 0 heterocycles. The van der Waals surface area contributed by atoms with Crippen LogP contribution in [0.3, 0.4) is 0 Å². The van der Waals surface area contributed by atoms with Gasteiger partial charge in [-0.15, -0.1) is 0 Å². The molecule has 3 rings (SSSR count). The van der Waals surface area contributed by atoms with Crippen molar-refractivity contribution in [3.05, 3.63) is 88.9 Å². The number of anilines is 1. The van der Waals surface area contributed by atoms with Crippen LogP contribution >= 0.6 is 11.6 Å². The number of benzene rings is 3. The first-order chi connectivity index (χ1) is 14.4. The van der Waals surface area contributed by atoms with E-state index in [1.54, 1.807) is 42.5 Å². The van der Waals surface area contributed by atoms with Gasteiger partial charge in [0.05, 0.1) is 12.5 Å². The minimum atomic E-state index is -0.721. The molecule has 3 aromatic carbocycles. The zero-order valence-corrected chi connectivity index (χ0v) is 17.1. The maximum atomic E-state index is 12.6. The molecule has 0 radical (unpaired) electrons. The average molecular weight is 424 g/mol. The first kappa shape index (κ1) is 21.2. The summed E-state index contributed by atoms with van der Waals surface area (Å²) in [5.74, 6) is 0.984. The smallest absolute Gasteiger partial charge is 0.312 e. The Morgan fingerprint density at radius 1 is 1.00 bits per heavy atom. The lowest BCUT2D eigenvalue weighted by atomic mass is 10.0. The molecular formula is C23H22ClN3O3. The molecule has 7 heteroatoms. The molecule has 3 aromatic rings. The third-order valence-corrected chi connectivity index (χ3v) is 4.90. The molecule has 0 aromatic heterocycles. The predicted octanol–water partition coefficient (Wildman–Crippen LogP) is 5.18. The molecule has 0 fully saturated rings. The van der Waals surface area contributed by atoms with Gasteiger partial charge in [-0.3, -0.25) is 4.79 Å². The van der Waals surface area contributed by atoms with Gasteiger partial charge < -0.3 is 21.1 Å². The SMILES string of the molecule is Cc1c(Cl)cccc1NC(=O)CC(NC(N)=O)c1cccc(Oc2ccccc2)c1. The first-order valence-electron chi connectivity index (χ1n) is 9.36. The number of ether oxygens (including phenoxy) is 1. The standard InChI is InChI=1S/C23H22ClN3O3/c1-15-19(24)11-6-12-20(15)26-22(28)14-21(27-23(25)29)16-7-5-10-18(13-16)30-17-8-3-2-4-9-17/h2-13,21H,14H2,1H3,(H,26,28)(H3,25,27,29). The second kappa shape index (κ2) is 9.80. The van der Waals surface area contributed by atoms with Gasteiger partial charge in [-0.05, 0) is 54.4 Å². The number of hydrogen-bond acceptors (Lipinski definition) is 3. The Morgan fingerprint density at radius 2 is 1.70 bits per heavy atom. The maximum Gasteiger partial charge on any atom is 0.312 e.